The van der Waals surface area contributed by atoms with Crippen LogP contribution >= 0.6 is 0 Å². The third-order valence-corrected chi connectivity index (χ3v) is 10.5. The number of methoxy groups -OCH3 is 1. The van der Waals surface area contributed by atoms with E-state index in [0.717, 1.165) is 62.0 Å². The minimum Gasteiger partial charge on any atom is -0.496 e. The largest absolute Gasteiger partial charge is 0.496 e. The molecule has 9 nitrogen and oxygen atoms in total. The number of carbonyl (C=O) groups excluding carboxylic acids is 1. The highest BCUT2D eigenvalue weighted by Gasteiger charge is 2.43. The summed E-state index contributed by atoms with van der Waals surface area (Å²) in [4.78, 5) is 20.6. The molecule has 5 aromatic rings. The van der Waals surface area contributed by atoms with Crippen LogP contribution in [0.15, 0.2) is 89.5 Å². The zero-order chi connectivity index (χ0) is 34.0. The Kier molecular flexibility index (Phi) is 8.97. The van der Waals surface area contributed by atoms with E-state index in [1.165, 1.54) is 5.56 Å². The van der Waals surface area contributed by atoms with Gasteiger partial charge in [0.2, 0.25) is 0 Å². The predicted octanol–water partition coefficient (Wildman–Crippen LogP) is 7.24. The SMILES string of the molecule is COc1cc(C(=O)N[C@@H]2CC[C@@H]3CN(Cc4ccccc4)C[C@@H]32)ccc1-c1cc2nccc(-c3ccc(OC4CCOCC4)c(C#N)c3)c2o1. The van der Waals surface area contributed by atoms with Crippen molar-refractivity contribution in [3.05, 3.63) is 102 Å². The molecule has 1 amide bonds. The molecule has 3 atom stereocenters. The molecule has 0 spiro atoms. The number of rotatable bonds is 9. The van der Waals surface area contributed by atoms with Gasteiger partial charge in [0.1, 0.15) is 34.9 Å². The number of hydrogen-bond donors (Lipinski definition) is 1. The van der Waals surface area contributed by atoms with Gasteiger partial charge in [-0.1, -0.05) is 36.4 Å². The molecule has 50 heavy (non-hydrogen) atoms. The van der Waals surface area contributed by atoms with Crippen LogP contribution in [0.25, 0.3) is 33.6 Å². The summed E-state index contributed by atoms with van der Waals surface area (Å²) < 4.78 is 23.8. The first-order valence-corrected chi connectivity index (χ1v) is 17.5. The van der Waals surface area contributed by atoms with Gasteiger partial charge >= 0.3 is 0 Å². The number of ether oxygens (including phenoxy) is 3. The molecule has 2 aliphatic heterocycles. The van der Waals surface area contributed by atoms with Crippen LogP contribution in [-0.4, -0.2) is 61.3 Å². The predicted molar refractivity (Wildman–Crippen MR) is 190 cm³/mol. The number of nitrogens with one attached hydrogen (secondary N) is 1. The third kappa shape index (κ3) is 6.45. The van der Waals surface area contributed by atoms with Gasteiger partial charge in [0.15, 0.2) is 5.58 Å². The van der Waals surface area contributed by atoms with E-state index < -0.39 is 0 Å². The van der Waals surface area contributed by atoms with Crippen molar-refractivity contribution in [3.8, 4) is 40.0 Å². The molecule has 2 aromatic heterocycles. The first-order valence-electron chi connectivity index (χ1n) is 17.5. The lowest BCUT2D eigenvalue weighted by Gasteiger charge is -2.23. The molecule has 8 rings (SSSR count). The fourth-order valence-electron chi connectivity index (χ4n) is 7.95. The maximum Gasteiger partial charge on any atom is 0.251 e. The van der Waals surface area contributed by atoms with Crippen molar-refractivity contribution in [1.29, 1.82) is 5.26 Å². The van der Waals surface area contributed by atoms with Crippen LogP contribution in [0.2, 0.25) is 0 Å². The van der Waals surface area contributed by atoms with Crippen molar-refractivity contribution in [2.24, 2.45) is 11.8 Å². The van der Waals surface area contributed by atoms with Crippen LogP contribution in [0.1, 0.15) is 47.2 Å². The molecule has 1 aliphatic carbocycles. The summed E-state index contributed by atoms with van der Waals surface area (Å²) >= 11 is 0. The molecule has 4 heterocycles. The molecule has 3 aromatic carbocycles. The van der Waals surface area contributed by atoms with Crippen LogP contribution in [0.5, 0.6) is 11.5 Å². The number of aromatic nitrogens is 1. The van der Waals surface area contributed by atoms with Gasteiger partial charge in [-0.3, -0.25) is 14.7 Å². The van der Waals surface area contributed by atoms with Crippen molar-refractivity contribution in [2.75, 3.05) is 33.4 Å². The summed E-state index contributed by atoms with van der Waals surface area (Å²) in [5.41, 5.74) is 5.98. The van der Waals surface area contributed by atoms with Crippen molar-refractivity contribution in [2.45, 2.75) is 44.4 Å². The van der Waals surface area contributed by atoms with E-state index in [2.05, 4.69) is 51.6 Å². The van der Waals surface area contributed by atoms with Crippen LogP contribution < -0.4 is 14.8 Å². The molecule has 0 unspecified atom stereocenters. The topological polar surface area (TPSA) is 110 Å². The average molecular weight is 669 g/mol. The second kappa shape index (κ2) is 14.0. The fourth-order valence-corrected chi connectivity index (χ4v) is 7.95. The summed E-state index contributed by atoms with van der Waals surface area (Å²) in [7, 11) is 1.60. The van der Waals surface area contributed by atoms with E-state index >= 15 is 0 Å². The molecule has 254 valence electrons. The third-order valence-electron chi connectivity index (χ3n) is 10.5. The number of benzene rings is 3. The Labute approximate surface area is 291 Å². The average Bonchev–Trinajstić information content (AvgIpc) is 3.87. The van der Waals surface area contributed by atoms with E-state index in [1.54, 1.807) is 19.4 Å². The van der Waals surface area contributed by atoms with Crippen molar-refractivity contribution in [1.82, 2.24) is 15.2 Å². The smallest absolute Gasteiger partial charge is 0.251 e. The summed E-state index contributed by atoms with van der Waals surface area (Å²) in [6.07, 6.45) is 5.52. The van der Waals surface area contributed by atoms with Crippen LogP contribution in [0.4, 0.5) is 0 Å². The minimum absolute atomic E-state index is 0.0351. The van der Waals surface area contributed by atoms with Crippen LogP contribution in [0, 0.1) is 23.2 Å². The molecule has 2 saturated heterocycles. The summed E-state index contributed by atoms with van der Waals surface area (Å²) in [5, 5.41) is 13.3. The second-order valence-electron chi connectivity index (χ2n) is 13.6. The van der Waals surface area contributed by atoms with Gasteiger partial charge in [-0.25, -0.2) is 0 Å². The Morgan fingerprint density at radius 1 is 0.960 bits per heavy atom. The fraction of sp³-hybridized carbons (Fsp3) is 0.341. The Bertz CT molecular complexity index is 2050. The van der Waals surface area contributed by atoms with Gasteiger partial charge in [-0.15, -0.1) is 0 Å². The Balaban J connectivity index is 0.990. The Morgan fingerprint density at radius 2 is 1.82 bits per heavy atom. The highest BCUT2D eigenvalue weighted by Crippen LogP contribution is 2.40. The first kappa shape index (κ1) is 32.1. The van der Waals surface area contributed by atoms with E-state index in [9.17, 15) is 10.1 Å². The Morgan fingerprint density at radius 3 is 2.64 bits per heavy atom. The molecule has 1 N–H and O–H groups in total. The van der Waals surface area contributed by atoms with Gasteiger partial charge in [-0.05, 0) is 72.2 Å². The number of pyridine rings is 1. The zero-order valence-electron chi connectivity index (χ0n) is 28.1. The number of furan rings is 1. The molecular formula is C41H40N4O5. The lowest BCUT2D eigenvalue weighted by Crippen LogP contribution is -2.39. The summed E-state index contributed by atoms with van der Waals surface area (Å²) in [6.45, 7) is 4.36. The maximum absolute atomic E-state index is 13.6. The van der Waals surface area contributed by atoms with Crippen LogP contribution in [0.3, 0.4) is 0 Å². The molecular weight excluding hydrogens is 628 g/mol. The number of hydrogen-bond acceptors (Lipinski definition) is 8. The quantitative estimate of drug-likeness (QED) is 0.175. The molecule has 1 saturated carbocycles. The summed E-state index contributed by atoms with van der Waals surface area (Å²) in [5.74, 6) is 2.67. The van der Waals surface area contributed by atoms with Crippen molar-refractivity contribution in [3.63, 3.8) is 0 Å². The highest BCUT2D eigenvalue weighted by atomic mass is 16.5. The number of amides is 1. The normalized spacial score (nSPS) is 20.8. The molecule has 9 heteroatoms. The zero-order valence-corrected chi connectivity index (χ0v) is 28.1. The molecule has 3 fully saturated rings. The van der Waals surface area contributed by atoms with E-state index in [0.29, 0.717) is 64.5 Å². The van der Waals surface area contributed by atoms with Gasteiger partial charge in [0.25, 0.3) is 5.91 Å². The lowest BCUT2D eigenvalue weighted by molar-refractivity contribution is 0.0254. The maximum atomic E-state index is 13.6. The first-order chi connectivity index (χ1) is 24.6. The van der Waals surface area contributed by atoms with E-state index in [1.807, 2.05) is 42.5 Å². The van der Waals surface area contributed by atoms with Gasteiger partial charge in [-0.2, -0.15) is 5.26 Å². The highest BCUT2D eigenvalue weighted by molar-refractivity contribution is 5.97. The van der Waals surface area contributed by atoms with E-state index in [-0.39, 0.29) is 18.1 Å². The second-order valence-corrected chi connectivity index (χ2v) is 13.6. The minimum atomic E-state index is -0.0897. The number of carbonyl (C=O) groups is 1. The van der Waals surface area contributed by atoms with Gasteiger partial charge in [0, 0.05) is 61.9 Å². The number of likely N-dealkylation sites (tertiary alicyclic amines) is 1. The van der Waals surface area contributed by atoms with Gasteiger partial charge < -0.3 is 23.9 Å². The summed E-state index contributed by atoms with van der Waals surface area (Å²) in [6, 6.07) is 27.9. The molecule has 3 aliphatic rings. The van der Waals surface area contributed by atoms with E-state index in [4.69, 9.17) is 18.6 Å². The Hall–Kier alpha value is -5.17. The standard InChI is InChI=1S/C41H40N4O5/c1-47-38-20-28(41(46)44-35-11-8-29-24-45(25-34(29)35)23-26-5-3-2-4-6-26)7-10-33(38)39-21-36-40(50-39)32(13-16-43-36)27-9-12-37(30(19-27)22-42)49-31-14-17-48-18-15-31/h2-7,9-10,12-13,16,19-21,29,31,34-35H,8,11,14-15,17-18,23-25H2,1H3,(H,44,46)/t29-,34+,35-/m1/s1. The van der Waals surface area contributed by atoms with Gasteiger partial charge in [0.05, 0.1) is 31.5 Å². The molecule has 0 radical (unpaired) electrons. The van der Waals surface area contributed by atoms with Crippen molar-refractivity contribution >= 4 is 17.0 Å². The lowest BCUT2D eigenvalue weighted by atomic mass is 9.97. The number of fused-ring (bicyclic) bond motifs is 2. The van der Waals surface area contributed by atoms with Crippen molar-refractivity contribution < 1.29 is 23.4 Å². The van der Waals surface area contributed by atoms with Crippen LogP contribution in [-0.2, 0) is 11.3 Å². The number of nitriles is 1. The number of nitrogens with zero attached hydrogens (tertiary/aromatic N) is 3. The monoisotopic (exact) mass is 668 g/mol. The molecule has 0 bridgehead atoms.